The fourth-order valence-electron chi connectivity index (χ4n) is 3.07. The molecule has 102 valence electrons. The molecule has 1 aromatic carbocycles. The van der Waals surface area contributed by atoms with Crippen LogP contribution in [0.1, 0.15) is 47.7 Å². The molecule has 0 atom stereocenters. The molecule has 3 rings (SSSR count). The van der Waals surface area contributed by atoms with Crippen molar-refractivity contribution in [1.82, 2.24) is 4.98 Å². The first kappa shape index (κ1) is 13.1. The van der Waals surface area contributed by atoms with E-state index in [2.05, 4.69) is 56.1 Å². The molecule has 0 bridgehead atoms. The van der Waals surface area contributed by atoms with Crippen molar-refractivity contribution in [3.8, 4) is 0 Å². The molecule has 1 heterocycles. The minimum absolute atomic E-state index is 1.14. The molecule has 20 heavy (non-hydrogen) atoms. The van der Waals surface area contributed by atoms with E-state index in [-0.39, 0.29) is 0 Å². The van der Waals surface area contributed by atoms with Crippen LogP contribution in [0.5, 0.6) is 0 Å². The molecule has 0 aliphatic heterocycles. The standard InChI is InChI=1S/C19H21N/c1-13-7-9-16(10-8-13)15(3)18-6-4-5-17-14(2)11-12-20-19(17)18/h7-12H,4-6H2,1-3H3/b18-15-. The average molecular weight is 263 g/mol. The van der Waals surface area contributed by atoms with Gasteiger partial charge >= 0.3 is 0 Å². The average Bonchev–Trinajstić information content (AvgIpc) is 2.47. The molecule has 1 nitrogen and oxygen atoms in total. The van der Waals surface area contributed by atoms with Crippen LogP contribution in [0.3, 0.4) is 0 Å². The predicted octanol–water partition coefficient (Wildman–Crippen LogP) is 4.97. The molecule has 1 aromatic heterocycles. The largest absolute Gasteiger partial charge is 0.256 e. The normalized spacial score (nSPS) is 16.8. The first-order valence-corrected chi connectivity index (χ1v) is 7.38. The zero-order chi connectivity index (χ0) is 14.1. The van der Waals surface area contributed by atoms with Crippen LogP contribution in [0.15, 0.2) is 36.5 Å². The number of fused-ring (bicyclic) bond motifs is 1. The highest BCUT2D eigenvalue weighted by molar-refractivity contribution is 5.90. The number of hydrogen-bond donors (Lipinski definition) is 0. The first-order valence-electron chi connectivity index (χ1n) is 7.38. The van der Waals surface area contributed by atoms with Crippen molar-refractivity contribution in [3.63, 3.8) is 0 Å². The molecule has 1 aliphatic rings. The quantitative estimate of drug-likeness (QED) is 0.708. The van der Waals surface area contributed by atoms with Crippen molar-refractivity contribution in [2.75, 3.05) is 0 Å². The molecule has 0 N–H and O–H groups in total. The molecule has 2 aromatic rings. The van der Waals surface area contributed by atoms with Gasteiger partial charge in [0, 0.05) is 6.20 Å². The van der Waals surface area contributed by atoms with Gasteiger partial charge in [-0.2, -0.15) is 0 Å². The molecule has 0 radical (unpaired) electrons. The van der Waals surface area contributed by atoms with Gasteiger partial charge in [-0.05, 0) is 73.9 Å². The van der Waals surface area contributed by atoms with Gasteiger partial charge < -0.3 is 0 Å². The topological polar surface area (TPSA) is 12.9 Å². The highest BCUT2D eigenvalue weighted by Crippen LogP contribution is 2.36. The van der Waals surface area contributed by atoms with Crippen LogP contribution < -0.4 is 0 Å². The van der Waals surface area contributed by atoms with Crippen LogP contribution in [0.25, 0.3) is 11.1 Å². The Bertz CT molecular complexity index is 663. The summed E-state index contributed by atoms with van der Waals surface area (Å²) in [6.45, 7) is 6.57. The number of allylic oxidation sites excluding steroid dienone is 2. The summed E-state index contributed by atoms with van der Waals surface area (Å²) in [6, 6.07) is 11.0. The lowest BCUT2D eigenvalue weighted by Gasteiger charge is -2.22. The molecule has 0 amide bonds. The maximum Gasteiger partial charge on any atom is 0.0699 e. The van der Waals surface area contributed by atoms with E-state index in [1.54, 1.807) is 0 Å². The smallest absolute Gasteiger partial charge is 0.0699 e. The van der Waals surface area contributed by atoms with E-state index >= 15 is 0 Å². The maximum absolute atomic E-state index is 4.67. The molecule has 0 saturated carbocycles. The summed E-state index contributed by atoms with van der Waals surface area (Å²) in [5.74, 6) is 0. The molecule has 0 fully saturated rings. The highest BCUT2D eigenvalue weighted by atomic mass is 14.7. The van der Waals surface area contributed by atoms with Crippen molar-refractivity contribution in [2.24, 2.45) is 0 Å². The van der Waals surface area contributed by atoms with Crippen LogP contribution in [0.2, 0.25) is 0 Å². The zero-order valence-corrected chi connectivity index (χ0v) is 12.5. The predicted molar refractivity (Wildman–Crippen MR) is 85.6 cm³/mol. The van der Waals surface area contributed by atoms with E-state index in [9.17, 15) is 0 Å². The Balaban J connectivity index is 2.13. The highest BCUT2D eigenvalue weighted by Gasteiger charge is 2.19. The number of rotatable bonds is 1. The van der Waals surface area contributed by atoms with E-state index in [1.807, 2.05) is 6.20 Å². The van der Waals surface area contributed by atoms with Gasteiger partial charge in [-0.25, -0.2) is 0 Å². The molecule has 1 heteroatoms. The monoisotopic (exact) mass is 263 g/mol. The van der Waals surface area contributed by atoms with Crippen molar-refractivity contribution in [1.29, 1.82) is 0 Å². The van der Waals surface area contributed by atoms with Crippen LogP contribution in [-0.2, 0) is 6.42 Å². The van der Waals surface area contributed by atoms with Crippen molar-refractivity contribution >= 4 is 11.1 Å². The molecular weight excluding hydrogens is 242 g/mol. The van der Waals surface area contributed by atoms with E-state index < -0.39 is 0 Å². The summed E-state index contributed by atoms with van der Waals surface area (Å²) in [7, 11) is 0. The Labute approximate surface area is 121 Å². The number of pyridine rings is 1. The number of nitrogens with zero attached hydrogens (tertiary/aromatic N) is 1. The van der Waals surface area contributed by atoms with Crippen LogP contribution in [-0.4, -0.2) is 4.98 Å². The first-order chi connectivity index (χ1) is 9.66. The second-order valence-electron chi connectivity index (χ2n) is 5.78. The van der Waals surface area contributed by atoms with Crippen molar-refractivity contribution < 1.29 is 0 Å². The van der Waals surface area contributed by atoms with Crippen molar-refractivity contribution in [3.05, 3.63) is 64.5 Å². The lowest BCUT2D eigenvalue weighted by atomic mass is 9.85. The molecule has 0 spiro atoms. The summed E-state index contributed by atoms with van der Waals surface area (Å²) < 4.78 is 0. The van der Waals surface area contributed by atoms with Gasteiger partial charge in [0.25, 0.3) is 0 Å². The van der Waals surface area contributed by atoms with Gasteiger partial charge in [0.05, 0.1) is 5.69 Å². The lowest BCUT2D eigenvalue weighted by Crippen LogP contribution is -2.07. The summed E-state index contributed by atoms with van der Waals surface area (Å²) in [6.07, 6.45) is 5.49. The van der Waals surface area contributed by atoms with E-state index in [0.717, 1.165) is 6.42 Å². The summed E-state index contributed by atoms with van der Waals surface area (Å²) >= 11 is 0. The summed E-state index contributed by atoms with van der Waals surface area (Å²) in [5, 5.41) is 0. The Morgan fingerprint density at radius 3 is 2.50 bits per heavy atom. The zero-order valence-electron chi connectivity index (χ0n) is 12.5. The number of aromatic nitrogens is 1. The minimum atomic E-state index is 1.14. The van der Waals surface area contributed by atoms with Crippen LogP contribution >= 0.6 is 0 Å². The van der Waals surface area contributed by atoms with Gasteiger partial charge in [0.15, 0.2) is 0 Å². The van der Waals surface area contributed by atoms with Crippen LogP contribution in [0.4, 0.5) is 0 Å². The Morgan fingerprint density at radius 1 is 1.00 bits per heavy atom. The lowest BCUT2D eigenvalue weighted by molar-refractivity contribution is 0.802. The van der Waals surface area contributed by atoms with Crippen molar-refractivity contribution in [2.45, 2.75) is 40.0 Å². The summed E-state index contributed by atoms with van der Waals surface area (Å²) in [5.41, 5.74) is 9.49. The third kappa shape index (κ3) is 2.29. The van der Waals surface area contributed by atoms with Gasteiger partial charge in [-0.3, -0.25) is 4.98 Å². The van der Waals surface area contributed by atoms with Gasteiger partial charge in [-0.1, -0.05) is 29.8 Å². The Morgan fingerprint density at radius 2 is 1.75 bits per heavy atom. The molecular formula is C19H21N. The van der Waals surface area contributed by atoms with Crippen LogP contribution in [0, 0.1) is 13.8 Å². The third-order valence-corrected chi connectivity index (χ3v) is 4.37. The number of benzene rings is 1. The molecule has 0 saturated heterocycles. The fraction of sp³-hybridized carbons (Fsp3) is 0.316. The van der Waals surface area contributed by atoms with E-state index in [0.29, 0.717) is 0 Å². The third-order valence-electron chi connectivity index (χ3n) is 4.37. The Kier molecular flexibility index (Phi) is 3.43. The molecule has 1 aliphatic carbocycles. The Hall–Kier alpha value is -1.89. The van der Waals surface area contributed by atoms with Gasteiger partial charge in [0.1, 0.15) is 0 Å². The van der Waals surface area contributed by atoms with Gasteiger partial charge in [-0.15, -0.1) is 0 Å². The molecule has 0 unspecified atom stereocenters. The number of aryl methyl sites for hydroxylation is 2. The van der Waals surface area contributed by atoms with E-state index in [4.69, 9.17) is 0 Å². The second kappa shape index (κ2) is 5.24. The van der Waals surface area contributed by atoms with E-state index in [1.165, 1.54) is 51.9 Å². The minimum Gasteiger partial charge on any atom is -0.256 e. The number of hydrogen-bond acceptors (Lipinski definition) is 1. The fourth-order valence-corrected chi connectivity index (χ4v) is 3.07. The maximum atomic E-state index is 4.67. The summed E-state index contributed by atoms with van der Waals surface area (Å²) in [4.78, 5) is 4.67. The van der Waals surface area contributed by atoms with Gasteiger partial charge in [0.2, 0.25) is 0 Å². The SMILES string of the molecule is C/C(=C1\CCCc2c(C)ccnc21)c1ccc(C)cc1. The second-order valence-corrected chi connectivity index (χ2v) is 5.78.